The van der Waals surface area contributed by atoms with Crippen LogP contribution in [-0.2, 0) is 4.74 Å². The van der Waals surface area contributed by atoms with Gasteiger partial charge in [-0.2, -0.15) is 0 Å². The van der Waals surface area contributed by atoms with Gasteiger partial charge in [0.25, 0.3) is 5.91 Å². The first-order chi connectivity index (χ1) is 10.5. The average Bonchev–Trinajstić information content (AvgIpc) is 2.92. The van der Waals surface area contributed by atoms with Gasteiger partial charge < -0.3 is 15.4 Å². The number of hydrogen-bond donors (Lipinski definition) is 1. The Kier molecular flexibility index (Phi) is 4.04. The van der Waals surface area contributed by atoms with E-state index in [1.165, 1.54) is 11.3 Å². The lowest BCUT2D eigenvalue weighted by Gasteiger charge is -2.32. The lowest BCUT2D eigenvalue weighted by Crippen LogP contribution is -2.42. The van der Waals surface area contributed by atoms with Gasteiger partial charge in [0.1, 0.15) is 22.6 Å². The van der Waals surface area contributed by atoms with Crippen LogP contribution in [0.2, 0.25) is 0 Å². The number of nitrogens with two attached hydrogens (primary N) is 1. The molecule has 1 aliphatic rings. The van der Waals surface area contributed by atoms with E-state index in [2.05, 4.69) is 15.0 Å². The summed E-state index contributed by atoms with van der Waals surface area (Å²) in [5.41, 5.74) is 8.93. The predicted octanol–water partition coefficient (Wildman–Crippen LogP) is 1.35. The molecule has 2 aromatic heterocycles. The second-order valence-electron chi connectivity index (χ2n) is 5.14. The molecule has 0 bridgehead atoms. The van der Waals surface area contributed by atoms with Gasteiger partial charge in [-0.1, -0.05) is 0 Å². The largest absolute Gasteiger partial charge is 0.384 e. The van der Waals surface area contributed by atoms with Crippen molar-refractivity contribution in [3.63, 3.8) is 0 Å². The van der Waals surface area contributed by atoms with Gasteiger partial charge in [0.2, 0.25) is 0 Å². The fourth-order valence-corrected chi connectivity index (χ4v) is 3.21. The van der Waals surface area contributed by atoms with Gasteiger partial charge in [-0.3, -0.25) is 4.79 Å². The number of aromatic nitrogens is 3. The van der Waals surface area contributed by atoms with Crippen molar-refractivity contribution in [2.24, 2.45) is 0 Å². The van der Waals surface area contributed by atoms with Crippen molar-refractivity contribution in [1.29, 1.82) is 0 Å². The molecule has 7 nitrogen and oxygen atoms in total. The quantitative estimate of drug-likeness (QED) is 0.898. The molecule has 0 radical (unpaired) electrons. The number of nitrogens with zero attached hydrogens (tertiary/aromatic N) is 4. The SMILES string of the molecule is Cc1nc(N)cc([C@H]2CN(C(=O)c3scnc3C)CCO2)n1. The third-order valence-corrected chi connectivity index (χ3v) is 4.42. The Morgan fingerprint density at radius 3 is 2.95 bits per heavy atom. The molecule has 2 aromatic rings. The van der Waals surface area contributed by atoms with Crippen LogP contribution in [0.25, 0.3) is 0 Å². The first-order valence-corrected chi connectivity index (χ1v) is 7.84. The highest BCUT2D eigenvalue weighted by Gasteiger charge is 2.28. The number of carbonyl (C=O) groups excluding carboxylic acids is 1. The zero-order chi connectivity index (χ0) is 15.7. The molecule has 116 valence electrons. The van der Waals surface area contributed by atoms with Crippen LogP contribution in [0, 0.1) is 13.8 Å². The van der Waals surface area contributed by atoms with Crippen molar-refractivity contribution in [3.05, 3.63) is 33.7 Å². The van der Waals surface area contributed by atoms with E-state index in [4.69, 9.17) is 10.5 Å². The summed E-state index contributed by atoms with van der Waals surface area (Å²) in [5, 5.41) is 0. The van der Waals surface area contributed by atoms with Crippen LogP contribution in [0.4, 0.5) is 5.82 Å². The molecule has 3 heterocycles. The minimum atomic E-state index is -0.282. The van der Waals surface area contributed by atoms with Crippen LogP contribution in [-0.4, -0.2) is 45.5 Å². The Hall–Kier alpha value is -2.06. The number of ether oxygens (including phenoxy) is 1. The molecule has 3 rings (SSSR count). The predicted molar refractivity (Wildman–Crippen MR) is 82.6 cm³/mol. The van der Waals surface area contributed by atoms with Gasteiger partial charge >= 0.3 is 0 Å². The van der Waals surface area contributed by atoms with E-state index in [0.717, 1.165) is 5.69 Å². The molecule has 1 atom stereocenters. The molecule has 1 amide bonds. The maximum absolute atomic E-state index is 12.6. The number of rotatable bonds is 2. The molecule has 1 saturated heterocycles. The number of thiazole rings is 1. The number of anilines is 1. The summed E-state index contributed by atoms with van der Waals surface area (Å²) >= 11 is 1.36. The first-order valence-electron chi connectivity index (χ1n) is 6.96. The Bertz CT molecular complexity index is 682. The van der Waals surface area contributed by atoms with Crippen molar-refractivity contribution < 1.29 is 9.53 Å². The van der Waals surface area contributed by atoms with Crippen LogP contribution < -0.4 is 5.73 Å². The van der Waals surface area contributed by atoms with E-state index in [1.807, 2.05) is 6.92 Å². The molecule has 22 heavy (non-hydrogen) atoms. The van der Waals surface area contributed by atoms with Crippen LogP contribution in [0.5, 0.6) is 0 Å². The smallest absolute Gasteiger partial charge is 0.266 e. The third-order valence-electron chi connectivity index (χ3n) is 3.50. The van der Waals surface area contributed by atoms with Gasteiger partial charge in [-0.15, -0.1) is 11.3 Å². The van der Waals surface area contributed by atoms with E-state index in [9.17, 15) is 4.79 Å². The zero-order valence-corrected chi connectivity index (χ0v) is 13.3. The van der Waals surface area contributed by atoms with Crippen LogP contribution in [0.3, 0.4) is 0 Å². The Morgan fingerprint density at radius 2 is 2.27 bits per heavy atom. The molecular formula is C14H17N5O2S. The van der Waals surface area contributed by atoms with Crippen molar-refractivity contribution in [2.45, 2.75) is 20.0 Å². The van der Waals surface area contributed by atoms with Crippen LogP contribution in [0.15, 0.2) is 11.6 Å². The van der Waals surface area contributed by atoms with Crippen molar-refractivity contribution in [3.8, 4) is 0 Å². The number of carbonyl (C=O) groups is 1. The highest BCUT2D eigenvalue weighted by atomic mass is 32.1. The third kappa shape index (κ3) is 2.93. The minimum Gasteiger partial charge on any atom is -0.384 e. The number of hydrogen-bond acceptors (Lipinski definition) is 7. The molecule has 0 saturated carbocycles. The van der Waals surface area contributed by atoms with E-state index in [0.29, 0.717) is 41.9 Å². The highest BCUT2D eigenvalue weighted by Crippen LogP contribution is 2.24. The van der Waals surface area contributed by atoms with Gasteiger partial charge in [-0.05, 0) is 13.8 Å². The lowest BCUT2D eigenvalue weighted by molar-refractivity contribution is -0.0246. The summed E-state index contributed by atoms with van der Waals surface area (Å²) in [7, 11) is 0. The summed E-state index contributed by atoms with van der Waals surface area (Å²) < 4.78 is 5.75. The Labute approximate surface area is 132 Å². The molecule has 0 unspecified atom stereocenters. The highest BCUT2D eigenvalue weighted by molar-refractivity contribution is 7.11. The summed E-state index contributed by atoms with van der Waals surface area (Å²) in [6.45, 7) is 5.11. The van der Waals surface area contributed by atoms with Crippen LogP contribution in [0.1, 0.15) is 33.0 Å². The van der Waals surface area contributed by atoms with Crippen LogP contribution >= 0.6 is 11.3 Å². The van der Waals surface area contributed by atoms with Crippen molar-refractivity contribution in [1.82, 2.24) is 19.9 Å². The topological polar surface area (TPSA) is 94.2 Å². The summed E-state index contributed by atoms with van der Waals surface area (Å²) in [4.78, 5) is 27.6. The first kappa shape index (κ1) is 14.9. The van der Waals surface area contributed by atoms with E-state index >= 15 is 0 Å². The van der Waals surface area contributed by atoms with E-state index in [-0.39, 0.29) is 12.0 Å². The second kappa shape index (κ2) is 5.98. The fourth-order valence-electron chi connectivity index (χ4n) is 2.44. The van der Waals surface area contributed by atoms with Gasteiger partial charge in [0.15, 0.2) is 0 Å². The molecule has 1 aliphatic heterocycles. The number of nitrogen functional groups attached to an aromatic ring is 1. The number of amides is 1. The van der Waals surface area contributed by atoms with Gasteiger partial charge in [-0.25, -0.2) is 15.0 Å². The summed E-state index contributed by atoms with van der Waals surface area (Å²) in [6, 6.07) is 1.70. The molecule has 0 spiro atoms. The standard InChI is InChI=1S/C14H17N5O2S/c1-8-13(22-7-16-8)14(20)19-3-4-21-11(6-19)10-5-12(15)18-9(2)17-10/h5,7,11H,3-4,6H2,1-2H3,(H2,15,17,18)/t11-/m1/s1. The summed E-state index contributed by atoms with van der Waals surface area (Å²) in [6.07, 6.45) is -0.282. The van der Waals surface area contributed by atoms with Crippen molar-refractivity contribution >= 4 is 23.1 Å². The molecule has 1 fully saturated rings. The van der Waals surface area contributed by atoms with E-state index < -0.39 is 0 Å². The second-order valence-corrected chi connectivity index (χ2v) is 6.00. The Morgan fingerprint density at radius 1 is 1.45 bits per heavy atom. The molecule has 0 aromatic carbocycles. The normalized spacial score (nSPS) is 18.5. The molecule has 2 N–H and O–H groups in total. The maximum atomic E-state index is 12.6. The zero-order valence-electron chi connectivity index (χ0n) is 12.4. The lowest BCUT2D eigenvalue weighted by atomic mass is 10.2. The average molecular weight is 319 g/mol. The van der Waals surface area contributed by atoms with E-state index in [1.54, 1.807) is 23.4 Å². The molecule has 0 aliphatic carbocycles. The number of morpholine rings is 1. The fraction of sp³-hybridized carbons (Fsp3) is 0.429. The minimum absolute atomic E-state index is 0.00736. The molecule has 8 heteroatoms. The Balaban J connectivity index is 1.79. The van der Waals surface area contributed by atoms with Crippen molar-refractivity contribution in [2.75, 3.05) is 25.4 Å². The monoisotopic (exact) mass is 319 g/mol. The van der Waals surface area contributed by atoms with Gasteiger partial charge in [0, 0.05) is 12.6 Å². The van der Waals surface area contributed by atoms with Gasteiger partial charge in [0.05, 0.1) is 30.1 Å². The molecular weight excluding hydrogens is 302 g/mol. The summed E-state index contributed by atoms with van der Waals surface area (Å²) in [5.74, 6) is 1.00. The number of aryl methyl sites for hydroxylation is 2. The maximum Gasteiger partial charge on any atom is 0.266 e.